The summed E-state index contributed by atoms with van der Waals surface area (Å²) in [4.78, 5) is 4.22. The van der Waals surface area contributed by atoms with Crippen molar-refractivity contribution in [2.24, 2.45) is 4.99 Å². The molecule has 0 saturated heterocycles. The van der Waals surface area contributed by atoms with E-state index in [4.69, 9.17) is 14.2 Å². The van der Waals surface area contributed by atoms with Crippen molar-refractivity contribution in [1.82, 2.24) is 10.6 Å². The Morgan fingerprint density at radius 1 is 0.962 bits per heavy atom. The van der Waals surface area contributed by atoms with Gasteiger partial charge in [-0.2, -0.15) is 0 Å². The van der Waals surface area contributed by atoms with Crippen molar-refractivity contribution in [2.45, 2.75) is 13.5 Å². The molecule has 0 unspecified atom stereocenters. The maximum Gasteiger partial charge on any atom is 0.191 e. The molecule has 0 heterocycles. The van der Waals surface area contributed by atoms with Crippen molar-refractivity contribution in [3.05, 3.63) is 53.6 Å². The van der Waals surface area contributed by atoms with Crippen molar-refractivity contribution >= 4 is 5.96 Å². The average molecular weight is 357 g/mol. The summed E-state index contributed by atoms with van der Waals surface area (Å²) in [6.45, 7) is 3.86. The van der Waals surface area contributed by atoms with Gasteiger partial charge in [-0.05, 0) is 48.4 Å². The number of nitrogens with one attached hydrogen (secondary N) is 2. The fourth-order valence-electron chi connectivity index (χ4n) is 2.39. The minimum Gasteiger partial charge on any atom is -0.497 e. The zero-order valence-corrected chi connectivity index (χ0v) is 15.8. The second kappa shape index (κ2) is 10.2. The predicted octanol–water partition coefficient (Wildman–Crippen LogP) is 2.76. The first-order valence-corrected chi connectivity index (χ1v) is 8.51. The fraction of sp³-hybridized carbons (Fsp3) is 0.350. The molecule has 2 rings (SSSR count). The van der Waals surface area contributed by atoms with Crippen LogP contribution in [0.15, 0.2) is 47.5 Å². The van der Waals surface area contributed by atoms with Crippen LogP contribution in [-0.4, -0.2) is 40.4 Å². The monoisotopic (exact) mass is 357 g/mol. The molecule has 2 aromatic carbocycles. The van der Waals surface area contributed by atoms with Gasteiger partial charge in [-0.1, -0.05) is 12.1 Å². The van der Waals surface area contributed by atoms with E-state index in [1.807, 2.05) is 37.3 Å². The van der Waals surface area contributed by atoms with Crippen LogP contribution in [0.4, 0.5) is 0 Å². The number of rotatable bonds is 8. The Kier molecular flexibility index (Phi) is 7.61. The number of methoxy groups -OCH3 is 2. The molecule has 140 valence electrons. The highest BCUT2D eigenvalue weighted by Gasteiger charge is 2.02. The van der Waals surface area contributed by atoms with Gasteiger partial charge < -0.3 is 24.8 Å². The molecule has 0 atom stereocenters. The second-order valence-corrected chi connectivity index (χ2v) is 5.68. The van der Waals surface area contributed by atoms with E-state index in [1.165, 1.54) is 0 Å². The number of guanidine groups is 1. The molecule has 6 nitrogen and oxygen atoms in total. The molecule has 0 spiro atoms. The molecule has 2 aromatic rings. The van der Waals surface area contributed by atoms with E-state index in [1.54, 1.807) is 21.3 Å². The molecule has 0 aromatic heterocycles. The van der Waals surface area contributed by atoms with Gasteiger partial charge in [-0.15, -0.1) is 0 Å². The Morgan fingerprint density at radius 2 is 1.69 bits per heavy atom. The Bertz CT molecular complexity index is 715. The summed E-state index contributed by atoms with van der Waals surface area (Å²) in [5.41, 5.74) is 2.25. The van der Waals surface area contributed by atoms with Crippen LogP contribution >= 0.6 is 0 Å². The van der Waals surface area contributed by atoms with Crippen molar-refractivity contribution < 1.29 is 14.2 Å². The van der Waals surface area contributed by atoms with Crippen LogP contribution in [0.1, 0.15) is 11.1 Å². The fourth-order valence-corrected chi connectivity index (χ4v) is 2.39. The van der Waals surface area contributed by atoms with E-state index < -0.39 is 0 Å². The summed E-state index contributed by atoms with van der Waals surface area (Å²) in [5.74, 6) is 3.23. The molecule has 0 aliphatic rings. The highest BCUT2D eigenvalue weighted by atomic mass is 16.5. The van der Waals surface area contributed by atoms with E-state index in [0.717, 1.165) is 34.3 Å². The van der Waals surface area contributed by atoms with Crippen molar-refractivity contribution in [3.8, 4) is 17.2 Å². The lowest BCUT2D eigenvalue weighted by Crippen LogP contribution is -2.38. The number of hydrogen-bond donors (Lipinski definition) is 2. The topological polar surface area (TPSA) is 64.1 Å². The molecule has 6 heteroatoms. The first kappa shape index (κ1) is 19.4. The van der Waals surface area contributed by atoms with Gasteiger partial charge in [-0.25, -0.2) is 0 Å². The molecule has 0 amide bonds. The van der Waals surface area contributed by atoms with E-state index in [2.05, 4.69) is 27.8 Å². The van der Waals surface area contributed by atoms with E-state index in [-0.39, 0.29) is 0 Å². The third-order valence-corrected chi connectivity index (χ3v) is 3.88. The zero-order valence-electron chi connectivity index (χ0n) is 15.8. The van der Waals surface area contributed by atoms with Crippen molar-refractivity contribution in [2.75, 3.05) is 34.4 Å². The molecule has 26 heavy (non-hydrogen) atoms. The molecule has 0 aliphatic heterocycles. The molecule has 0 fully saturated rings. The Hall–Kier alpha value is -2.89. The van der Waals surface area contributed by atoms with E-state index in [9.17, 15) is 0 Å². The predicted molar refractivity (Wildman–Crippen MR) is 104 cm³/mol. The summed E-state index contributed by atoms with van der Waals surface area (Å²) >= 11 is 0. The smallest absolute Gasteiger partial charge is 0.191 e. The Labute approximate surface area is 155 Å². The largest absolute Gasteiger partial charge is 0.497 e. The normalized spacial score (nSPS) is 11.0. The highest BCUT2D eigenvalue weighted by molar-refractivity contribution is 5.79. The third-order valence-electron chi connectivity index (χ3n) is 3.88. The van der Waals surface area contributed by atoms with Gasteiger partial charge in [0.15, 0.2) is 5.96 Å². The number of aryl methyl sites for hydroxylation is 1. The molecule has 0 aliphatic carbocycles. The van der Waals surface area contributed by atoms with E-state index >= 15 is 0 Å². The number of hydrogen-bond acceptors (Lipinski definition) is 4. The maximum atomic E-state index is 5.69. The molecule has 2 N–H and O–H groups in total. The number of ether oxygens (including phenoxy) is 3. The van der Waals surface area contributed by atoms with Gasteiger partial charge in [0.25, 0.3) is 0 Å². The van der Waals surface area contributed by atoms with Crippen LogP contribution < -0.4 is 24.8 Å². The highest BCUT2D eigenvalue weighted by Crippen LogP contribution is 2.19. The lowest BCUT2D eigenvalue weighted by atomic mass is 10.1. The second-order valence-electron chi connectivity index (χ2n) is 5.68. The number of aliphatic imine (C=N–C) groups is 1. The van der Waals surface area contributed by atoms with Gasteiger partial charge in [-0.3, -0.25) is 4.99 Å². The minimum absolute atomic E-state index is 0.533. The average Bonchev–Trinajstić information content (AvgIpc) is 2.69. The van der Waals surface area contributed by atoms with Crippen LogP contribution in [0.3, 0.4) is 0 Å². The standard InChI is InChI=1S/C20H27N3O3/c1-15-5-6-16(13-19(15)25-4)14-23-20(21-2)22-11-12-26-18-9-7-17(24-3)8-10-18/h5-10,13H,11-12,14H2,1-4H3,(H2,21,22,23). The summed E-state index contributed by atoms with van der Waals surface area (Å²) in [6, 6.07) is 13.7. The summed E-state index contributed by atoms with van der Waals surface area (Å²) in [6.07, 6.45) is 0. The Balaban J connectivity index is 1.73. The van der Waals surface area contributed by atoms with Gasteiger partial charge in [0.1, 0.15) is 23.9 Å². The van der Waals surface area contributed by atoms with E-state index in [0.29, 0.717) is 19.7 Å². The van der Waals surface area contributed by atoms with Crippen LogP contribution in [-0.2, 0) is 6.54 Å². The van der Waals surface area contributed by atoms with Crippen molar-refractivity contribution in [3.63, 3.8) is 0 Å². The zero-order chi connectivity index (χ0) is 18.8. The first-order valence-electron chi connectivity index (χ1n) is 8.51. The molecular formula is C20H27N3O3. The van der Waals surface area contributed by atoms with Gasteiger partial charge in [0.05, 0.1) is 20.8 Å². The number of benzene rings is 2. The quantitative estimate of drug-likeness (QED) is 0.432. The summed E-state index contributed by atoms with van der Waals surface area (Å²) < 4.78 is 16.2. The van der Waals surface area contributed by atoms with Gasteiger partial charge in [0.2, 0.25) is 0 Å². The molecular weight excluding hydrogens is 330 g/mol. The van der Waals surface area contributed by atoms with Crippen molar-refractivity contribution in [1.29, 1.82) is 0 Å². The van der Waals surface area contributed by atoms with Crippen LogP contribution in [0.5, 0.6) is 17.2 Å². The van der Waals surface area contributed by atoms with Gasteiger partial charge >= 0.3 is 0 Å². The van der Waals surface area contributed by atoms with Gasteiger partial charge in [0, 0.05) is 13.6 Å². The van der Waals surface area contributed by atoms with Crippen LogP contribution in [0, 0.1) is 6.92 Å². The molecule has 0 saturated carbocycles. The lowest BCUT2D eigenvalue weighted by Gasteiger charge is -2.13. The summed E-state index contributed by atoms with van der Waals surface area (Å²) in [7, 11) is 5.07. The summed E-state index contributed by atoms with van der Waals surface area (Å²) in [5, 5.41) is 6.51. The maximum absolute atomic E-state index is 5.69. The minimum atomic E-state index is 0.533. The van der Waals surface area contributed by atoms with Crippen LogP contribution in [0.25, 0.3) is 0 Å². The molecule has 0 radical (unpaired) electrons. The Morgan fingerprint density at radius 3 is 2.35 bits per heavy atom. The lowest BCUT2D eigenvalue weighted by molar-refractivity contribution is 0.321. The number of nitrogens with zero attached hydrogens (tertiary/aromatic N) is 1. The molecule has 0 bridgehead atoms. The third kappa shape index (κ3) is 5.88. The first-order chi connectivity index (χ1) is 12.7. The van der Waals surface area contributed by atoms with Crippen LogP contribution in [0.2, 0.25) is 0 Å². The SMILES string of the molecule is CN=C(NCCOc1ccc(OC)cc1)NCc1ccc(C)c(OC)c1.